The molecule has 0 aliphatic heterocycles. The van der Waals surface area contributed by atoms with Gasteiger partial charge in [-0.3, -0.25) is 9.59 Å². The van der Waals surface area contributed by atoms with Crippen LogP contribution in [0.1, 0.15) is 32.6 Å². The minimum Gasteiger partial charge on any atom is -0.481 e. The molecule has 102 valence electrons. The number of alkyl halides is 2. The smallest absolute Gasteiger partial charge is 0.306 e. The topological polar surface area (TPSA) is 66.4 Å². The molecular weight excluding hydrogens is 244 g/mol. The molecule has 2 rings (SSSR count). The largest absolute Gasteiger partial charge is 0.481 e. The van der Waals surface area contributed by atoms with Crippen LogP contribution in [0.25, 0.3) is 0 Å². The van der Waals surface area contributed by atoms with Gasteiger partial charge in [-0.05, 0) is 24.7 Å². The molecule has 6 heteroatoms. The highest BCUT2D eigenvalue weighted by Gasteiger charge is 2.52. The van der Waals surface area contributed by atoms with Gasteiger partial charge in [-0.1, -0.05) is 0 Å². The first-order valence-electron chi connectivity index (χ1n) is 6.16. The Kier molecular flexibility index (Phi) is 3.29. The molecular formula is C12H17F2NO3. The molecule has 0 aromatic rings. The van der Waals surface area contributed by atoms with E-state index < -0.39 is 29.6 Å². The van der Waals surface area contributed by atoms with Crippen molar-refractivity contribution in [3.8, 4) is 0 Å². The molecule has 0 spiro atoms. The second-order valence-electron chi connectivity index (χ2n) is 5.52. The van der Waals surface area contributed by atoms with Gasteiger partial charge >= 0.3 is 5.97 Å². The molecule has 1 amide bonds. The van der Waals surface area contributed by atoms with Gasteiger partial charge in [-0.15, -0.1) is 0 Å². The number of aliphatic carboxylic acids is 1. The Bertz CT molecular complexity index is 354. The van der Waals surface area contributed by atoms with Crippen LogP contribution in [0.4, 0.5) is 8.78 Å². The molecule has 0 radical (unpaired) electrons. The summed E-state index contributed by atoms with van der Waals surface area (Å²) in [6.07, 6.45) is -0.185. The second-order valence-corrected chi connectivity index (χ2v) is 5.52. The molecule has 2 aliphatic carbocycles. The van der Waals surface area contributed by atoms with Gasteiger partial charge in [-0.25, -0.2) is 8.78 Å². The van der Waals surface area contributed by atoms with Crippen molar-refractivity contribution < 1.29 is 23.5 Å². The Morgan fingerprint density at radius 3 is 2.11 bits per heavy atom. The summed E-state index contributed by atoms with van der Waals surface area (Å²) in [5.74, 6) is -5.31. The summed E-state index contributed by atoms with van der Waals surface area (Å²) in [6, 6.07) is -0.294. The summed E-state index contributed by atoms with van der Waals surface area (Å²) in [7, 11) is 0. The first-order chi connectivity index (χ1) is 8.28. The van der Waals surface area contributed by atoms with Crippen LogP contribution in [0.15, 0.2) is 0 Å². The van der Waals surface area contributed by atoms with Crippen molar-refractivity contribution in [1.82, 2.24) is 5.32 Å². The zero-order valence-corrected chi connectivity index (χ0v) is 10.2. The van der Waals surface area contributed by atoms with Crippen molar-refractivity contribution >= 4 is 11.9 Å². The van der Waals surface area contributed by atoms with Crippen LogP contribution < -0.4 is 5.32 Å². The number of amides is 1. The molecule has 0 aromatic carbocycles. The van der Waals surface area contributed by atoms with E-state index in [2.05, 4.69) is 5.32 Å². The molecule has 2 fully saturated rings. The van der Waals surface area contributed by atoms with Gasteiger partial charge in [0.2, 0.25) is 11.8 Å². The number of rotatable bonds is 2. The fourth-order valence-electron chi connectivity index (χ4n) is 3.45. The van der Waals surface area contributed by atoms with E-state index in [-0.39, 0.29) is 37.6 Å². The number of halogens is 2. The highest BCUT2D eigenvalue weighted by Crippen LogP contribution is 2.48. The van der Waals surface area contributed by atoms with E-state index in [0.29, 0.717) is 0 Å². The lowest BCUT2D eigenvalue weighted by atomic mass is 9.63. The van der Waals surface area contributed by atoms with Gasteiger partial charge in [-0.2, -0.15) is 0 Å². The molecule has 2 unspecified atom stereocenters. The highest BCUT2D eigenvalue weighted by molar-refractivity contribution is 5.73. The average molecular weight is 261 g/mol. The van der Waals surface area contributed by atoms with E-state index in [9.17, 15) is 18.4 Å². The van der Waals surface area contributed by atoms with Gasteiger partial charge in [0, 0.05) is 25.8 Å². The van der Waals surface area contributed by atoms with Gasteiger partial charge in [0.05, 0.1) is 5.92 Å². The van der Waals surface area contributed by atoms with Crippen LogP contribution in [-0.4, -0.2) is 28.9 Å². The minimum absolute atomic E-state index is 0.229. The lowest BCUT2D eigenvalue weighted by molar-refractivity contribution is -0.152. The predicted molar refractivity (Wildman–Crippen MR) is 59.1 cm³/mol. The molecule has 0 heterocycles. The van der Waals surface area contributed by atoms with Crippen LogP contribution in [0.5, 0.6) is 0 Å². The maximum atomic E-state index is 13.5. The Morgan fingerprint density at radius 1 is 1.22 bits per heavy atom. The normalized spacial score (nSPS) is 37.9. The van der Waals surface area contributed by atoms with Crippen molar-refractivity contribution in [3.63, 3.8) is 0 Å². The van der Waals surface area contributed by atoms with E-state index in [1.165, 1.54) is 6.92 Å². The van der Waals surface area contributed by atoms with Gasteiger partial charge < -0.3 is 10.4 Å². The van der Waals surface area contributed by atoms with Crippen LogP contribution in [0.3, 0.4) is 0 Å². The number of hydrogen-bond donors (Lipinski definition) is 2. The van der Waals surface area contributed by atoms with E-state index in [1.807, 2.05) is 0 Å². The molecule has 2 N–H and O–H groups in total. The Morgan fingerprint density at radius 2 is 1.72 bits per heavy atom. The lowest BCUT2D eigenvalue weighted by Crippen LogP contribution is -2.55. The van der Waals surface area contributed by atoms with Crippen LogP contribution >= 0.6 is 0 Å². The fourth-order valence-corrected chi connectivity index (χ4v) is 3.45. The van der Waals surface area contributed by atoms with Crippen molar-refractivity contribution in [2.45, 2.75) is 44.6 Å². The second kappa shape index (κ2) is 4.48. The van der Waals surface area contributed by atoms with Crippen molar-refractivity contribution in [2.24, 2.45) is 17.8 Å². The molecule has 2 atom stereocenters. The summed E-state index contributed by atoms with van der Waals surface area (Å²) < 4.78 is 27.0. The minimum atomic E-state index is -2.73. The molecule has 2 aliphatic rings. The van der Waals surface area contributed by atoms with Crippen LogP contribution in [0.2, 0.25) is 0 Å². The number of carbonyl (C=O) groups excluding carboxylic acids is 1. The Balaban J connectivity index is 2.17. The number of carboxylic acid groups (broad SMARTS) is 1. The summed E-state index contributed by atoms with van der Waals surface area (Å²) >= 11 is 0. The third-order valence-corrected chi connectivity index (χ3v) is 4.03. The highest BCUT2D eigenvalue weighted by atomic mass is 19.3. The SMILES string of the molecule is CC(=O)NC1C2CC(C(=O)O)CC1CC(F)(F)C2. The summed E-state index contributed by atoms with van der Waals surface area (Å²) in [5, 5.41) is 11.7. The number of fused-ring (bicyclic) bond motifs is 2. The van der Waals surface area contributed by atoms with E-state index in [1.54, 1.807) is 0 Å². The third-order valence-electron chi connectivity index (χ3n) is 4.03. The number of hydrogen-bond acceptors (Lipinski definition) is 2. The maximum absolute atomic E-state index is 13.5. The van der Waals surface area contributed by atoms with Crippen molar-refractivity contribution in [3.05, 3.63) is 0 Å². The van der Waals surface area contributed by atoms with Gasteiger partial charge in [0.25, 0.3) is 0 Å². The van der Waals surface area contributed by atoms with Crippen molar-refractivity contribution in [1.29, 1.82) is 0 Å². The zero-order chi connectivity index (χ0) is 13.5. The standard InChI is InChI=1S/C12H17F2NO3/c1-6(16)15-10-8-2-7(11(17)18)3-9(10)5-12(13,14)4-8/h7-10H,2-5H2,1H3,(H,15,16)(H,17,18). The van der Waals surface area contributed by atoms with Crippen LogP contribution in [0, 0.1) is 17.8 Å². The first kappa shape index (κ1) is 13.2. The predicted octanol–water partition coefficient (Wildman–Crippen LogP) is 1.65. The fraction of sp³-hybridized carbons (Fsp3) is 0.833. The number of carboxylic acids is 1. The molecule has 0 aromatic heterocycles. The molecule has 18 heavy (non-hydrogen) atoms. The van der Waals surface area contributed by atoms with E-state index >= 15 is 0 Å². The molecule has 2 saturated carbocycles. The summed E-state index contributed by atoms with van der Waals surface area (Å²) in [4.78, 5) is 22.1. The lowest BCUT2D eigenvalue weighted by Gasteiger charge is -2.47. The van der Waals surface area contributed by atoms with E-state index in [4.69, 9.17) is 5.11 Å². The molecule has 2 bridgehead atoms. The average Bonchev–Trinajstić information content (AvgIpc) is 2.17. The maximum Gasteiger partial charge on any atom is 0.306 e. The van der Waals surface area contributed by atoms with Gasteiger partial charge in [0.1, 0.15) is 0 Å². The Hall–Kier alpha value is -1.20. The van der Waals surface area contributed by atoms with Gasteiger partial charge in [0.15, 0.2) is 0 Å². The first-order valence-corrected chi connectivity index (χ1v) is 6.16. The number of nitrogens with one attached hydrogen (secondary N) is 1. The summed E-state index contributed by atoms with van der Waals surface area (Å²) in [5.41, 5.74) is 0. The van der Waals surface area contributed by atoms with Crippen LogP contribution in [-0.2, 0) is 9.59 Å². The zero-order valence-electron chi connectivity index (χ0n) is 10.2. The summed E-state index contributed by atoms with van der Waals surface area (Å²) in [6.45, 7) is 1.36. The molecule has 4 nitrogen and oxygen atoms in total. The van der Waals surface area contributed by atoms with E-state index in [0.717, 1.165) is 0 Å². The third kappa shape index (κ3) is 2.62. The number of carbonyl (C=O) groups is 2. The molecule has 0 saturated heterocycles. The monoisotopic (exact) mass is 261 g/mol. The quantitative estimate of drug-likeness (QED) is 0.794. The Labute approximate surface area is 104 Å². The van der Waals surface area contributed by atoms with Crippen molar-refractivity contribution in [2.75, 3.05) is 0 Å².